The van der Waals surface area contributed by atoms with E-state index in [4.69, 9.17) is 47.4 Å². The molecule has 66 heavy (non-hydrogen) atoms. The third-order valence-corrected chi connectivity index (χ3v) is 11.7. The van der Waals surface area contributed by atoms with Crippen molar-refractivity contribution in [2.75, 3.05) is 20.3 Å². The van der Waals surface area contributed by atoms with Crippen LogP contribution in [0.1, 0.15) is 33.4 Å². The summed E-state index contributed by atoms with van der Waals surface area (Å²) >= 11 is 0. The van der Waals surface area contributed by atoms with Crippen molar-refractivity contribution in [1.82, 2.24) is 0 Å². The molecule has 2 aliphatic rings. The van der Waals surface area contributed by atoms with Crippen LogP contribution in [0.25, 0.3) is 0 Å². The normalized spacial score (nSPS) is 25.4. The Morgan fingerprint density at radius 3 is 1.08 bits per heavy atom. The van der Waals surface area contributed by atoms with E-state index >= 15 is 0 Å². The fourth-order valence-electron chi connectivity index (χ4n) is 8.22. The van der Waals surface area contributed by atoms with Crippen molar-refractivity contribution in [3.05, 3.63) is 215 Å². The van der Waals surface area contributed by atoms with Crippen molar-refractivity contribution >= 4 is 0 Å². The molecule has 0 radical (unpaired) electrons. The van der Waals surface area contributed by atoms with Gasteiger partial charge in [0.25, 0.3) is 0 Å². The van der Waals surface area contributed by atoms with Gasteiger partial charge in [0, 0.05) is 7.11 Å². The van der Waals surface area contributed by atoms with Crippen LogP contribution in [0, 0.1) is 0 Å². The molecule has 11 nitrogen and oxygen atoms in total. The molecule has 0 amide bonds. The van der Waals surface area contributed by atoms with E-state index < -0.39 is 61.4 Å². The zero-order chi connectivity index (χ0) is 45.2. The van der Waals surface area contributed by atoms with Gasteiger partial charge in [-0.15, -0.1) is 0 Å². The molecule has 0 unspecified atom stereocenters. The summed E-state index contributed by atoms with van der Waals surface area (Å²) < 4.78 is 66.4. The monoisotopic (exact) mass is 896 g/mol. The lowest BCUT2D eigenvalue weighted by Crippen LogP contribution is -2.66. The number of hydrogen-bond donors (Lipinski definition) is 1. The number of benzene rings is 6. The summed E-state index contributed by atoms with van der Waals surface area (Å²) in [6, 6.07) is 59.4. The molecule has 6 aromatic rings. The molecule has 1 N–H and O–H groups in total. The van der Waals surface area contributed by atoms with Crippen LogP contribution >= 0.6 is 0 Å². The molecule has 2 heterocycles. The number of rotatable bonds is 23. The molecule has 8 rings (SSSR count). The average molecular weight is 897 g/mol. The van der Waals surface area contributed by atoms with E-state index in [1.165, 1.54) is 0 Å². The molecular weight excluding hydrogens is 837 g/mol. The lowest BCUT2D eigenvalue weighted by Gasteiger charge is -2.49. The number of aliphatic hydroxyl groups is 1. The number of hydrogen-bond acceptors (Lipinski definition) is 11. The molecule has 10 atom stereocenters. The summed E-state index contributed by atoms with van der Waals surface area (Å²) in [5.41, 5.74) is 5.81. The van der Waals surface area contributed by atoms with Gasteiger partial charge in [-0.05, 0) is 33.4 Å². The van der Waals surface area contributed by atoms with E-state index in [-0.39, 0.29) is 39.6 Å². The van der Waals surface area contributed by atoms with Gasteiger partial charge in [-0.3, -0.25) is 0 Å². The summed E-state index contributed by atoms with van der Waals surface area (Å²) in [7, 11) is 1.58. The standard InChI is InChI=1S/C55H60O11/c1-57-55-53(63-37-45-30-18-7-19-31-45)52(62-36-44-28-16-6-17-29-44)50(47(65-55)39-59-33-41-22-10-3-11-23-41)66-54-48(56)51(61-35-43-26-14-5-15-27-43)49(60-34-42-24-12-4-13-25-42)46(64-54)38-58-32-40-20-8-2-9-21-40/h2-31,46-56H,32-39H2,1H3/t46-,47-,48+,49-,50-,51-,52+,53+,54+,55+/m1/s1. The number of aliphatic hydroxyl groups excluding tert-OH is 1. The van der Waals surface area contributed by atoms with E-state index in [2.05, 4.69) is 0 Å². The SMILES string of the molecule is CO[C@H]1O[C@H](COCc2ccccc2)[C@@H](O[C@@H]2O[C@H](COCc3ccccc3)[C@@H](OCc3ccccc3)[C@H](OCc3ccccc3)[C@@H]2O)[C@H](OCc2ccccc2)[C@@H]1OCc1ccccc1. The third kappa shape index (κ3) is 13.5. The maximum atomic E-state index is 12.6. The van der Waals surface area contributed by atoms with Gasteiger partial charge in [-0.25, -0.2) is 0 Å². The van der Waals surface area contributed by atoms with E-state index in [0.29, 0.717) is 13.2 Å². The van der Waals surface area contributed by atoms with Crippen LogP contribution in [0.3, 0.4) is 0 Å². The number of ether oxygens (including phenoxy) is 10. The highest BCUT2D eigenvalue weighted by molar-refractivity contribution is 5.18. The van der Waals surface area contributed by atoms with Crippen molar-refractivity contribution in [3.63, 3.8) is 0 Å². The molecule has 0 aliphatic carbocycles. The zero-order valence-corrected chi connectivity index (χ0v) is 37.3. The van der Waals surface area contributed by atoms with E-state index in [1.807, 2.05) is 182 Å². The predicted molar refractivity (Wildman–Crippen MR) is 247 cm³/mol. The van der Waals surface area contributed by atoms with Crippen molar-refractivity contribution in [2.24, 2.45) is 0 Å². The van der Waals surface area contributed by atoms with Crippen LogP contribution in [0.15, 0.2) is 182 Å². The van der Waals surface area contributed by atoms with Gasteiger partial charge >= 0.3 is 0 Å². The molecule has 0 bridgehead atoms. The molecule has 0 saturated carbocycles. The molecule has 346 valence electrons. The highest BCUT2D eigenvalue weighted by atomic mass is 16.8. The fraction of sp³-hybridized carbons (Fsp3) is 0.345. The van der Waals surface area contributed by atoms with Gasteiger partial charge in [0.15, 0.2) is 12.6 Å². The lowest BCUT2D eigenvalue weighted by atomic mass is 9.96. The van der Waals surface area contributed by atoms with E-state index in [0.717, 1.165) is 33.4 Å². The van der Waals surface area contributed by atoms with Crippen molar-refractivity contribution in [2.45, 2.75) is 101 Å². The Morgan fingerprint density at radius 2 is 0.682 bits per heavy atom. The Bertz CT molecular complexity index is 2220. The highest BCUT2D eigenvalue weighted by Gasteiger charge is 2.54. The Balaban J connectivity index is 1.12. The predicted octanol–water partition coefficient (Wildman–Crippen LogP) is 8.60. The molecule has 0 spiro atoms. The summed E-state index contributed by atoms with van der Waals surface area (Å²) in [6.45, 7) is 1.80. The fourth-order valence-corrected chi connectivity index (χ4v) is 8.22. The maximum absolute atomic E-state index is 12.6. The summed E-state index contributed by atoms with van der Waals surface area (Å²) in [6.07, 6.45) is -9.19. The van der Waals surface area contributed by atoms with Crippen molar-refractivity contribution in [1.29, 1.82) is 0 Å². The number of methoxy groups -OCH3 is 1. The van der Waals surface area contributed by atoms with Crippen LogP contribution in [0.4, 0.5) is 0 Å². The molecule has 0 aromatic heterocycles. The first kappa shape index (κ1) is 47.4. The third-order valence-electron chi connectivity index (χ3n) is 11.7. The second-order valence-corrected chi connectivity index (χ2v) is 16.5. The van der Waals surface area contributed by atoms with Gasteiger partial charge in [0.2, 0.25) is 0 Å². The first-order valence-corrected chi connectivity index (χ1v) is 22.6. The van der Waals surface area contributed by atoms with Crippen LogP contribution in [0.2, 0.25) is 0 Å². The quantitative estimate of drug-likeness (QED) is 0.0668. The highest BCUT2D eigenvalue weighted by Crippen LogP contribution is 2.35. The molecule has 2 fully saturated rings. The van der Waals surface area contributed by atoms with Crippen LogP contribution in [0.5, 0.6) is 0 Å². The lowest BCUT2D eigenvalue weighted by molar-refractivity contribution is -0.372. The van der Waals surface area contributed by atoms with E-state index in [1.54, 1.807) is 7.11 Å². The van der Waals surface area contributed by atoms with Crippen LogP contribution in [-0.4, -0.2) is 86.8 Å². The second-order valence-electron chi connectivity index (χ2n) is 16.5. The zero-order valence-electron chi connectivity index (χ0n) is 37.3. The van der Waals surface area contributed by atoms with Gasteiger partial charge < -0.3 is 52.5 Å². The first-order chi connectivity index (χ1) is 32.6. The van der Waals surface area contributed by atoms with Crippen molar-refractivity contribution in [3.8, 4) is 0 Å². The Kier molecular flexibility index (Phi) is 18.0. The molecule has 6 aromatic carbocycles. The molecular formula is C55H60O11. The smallest absolute Gasteiger partial charge is 0.187 e. The Morgan fingerprint density at radius 1 is 0.364 bits per heavy atom. The van der Waals surface area contributed by atoms with E-state index in [9.17, 15) is 5.11 Å². The molecule has 2 aliphatic heterocycles. The minimum absolute atomic E-state index is 0.0964. The Labute approximate surface area is 388 Å². The minimum Gasteiger partial charge on any atom is -0.385 e. The summed E-state index contributed by atoms with van der Waals surface area (Å²) in [5, 5.41) is 12.6. The van der Waals surface area contributed by atoms with Gasteiger partial charge in [0.05, 0.1) is 52.9 Å². The maximum Gasteiger partial charge on any atom is 0.187 e. The molecule has 11 heteroatoms. The van der Waals surface area contributed by atoms with Gasteiger partial charge in [0.1, 0.15) is 48.8 Å². The average Bonchev–Trinajstić information content (AvgIpc) is 3.37. The van der Waals surface area contributed by atoms with Crippen LogP contribution < -0.4 is 0 Å². The largest absolute Gasteiger partial charge is 0.385 e. The minimum atomic E-state index is -1.34. The van der Waals surface area contributed by atoms with Gasteiger partial charge in [-0.1, -0.05) is 182 Å². The van der Waals surface area contributed by atoms with Crippen molar-refractivity contribution < 1.29 is 52.5 Å². The summed E-state index contributed by atoms with van der Waals surface area (Å²) in [5.74, 6) is 0. The second kappa shape index (κ2) is 25.1. The topological polar surface area (TPSA) is 113 Å². The summed E-state index contributed by atoms with van der Waals surface area (Å²) in [4.78, 5) is 0. The van der Waals surface area contributed by atoms with Gasteiger partial charge in [-0.2, -0.15) is 0 Å². The Hall–Kier alpha value is -5.12. The van der Waals surface area contributed by atoms with Crippen LogP contribution in [-0.2, 0) is 87.0 Å². The molecule has 2 saturated heterocycles. The first-order valence-electron chi connectivity index (χ1n) is 22.6.